The highest BCUT2D eigenvalue weighted by Gasteiger charge is 2.42. The Hall–Kier alpha value is -3.71. The largest absolute Gasteiger partial charge is 0.496 e. The van der Waals surface area contributed by atoms with Gasteiger partial charge >= 0.3 is 0 Å². The highest BCUT2D eigenvalue weighted by molar-refractivity contribution is 7.98. The van der Waals surface area contributed by atoms with Gasteiger partial charge in [0, 0.05) is 16.7 Å². The Labute approximate surface area is 209 Å². The molecule has 3 aromatic carbocycles. The molecule has 0 fully saturated rings. The summed E-state index contributed by atoms with van der Waals surface area (Å²) in [6.07, 6.45) is 1.62. The molecule has 0 bridgehead atoms. The standard InChI is InChI=1S/C28H26N4O2S/c1-16-9-12-18(13-10-16)25-23-24(29-27-30-28(35-4)31-32(25)27)20-15-17(2)11-14-22(20)34-26(23)19-7-5-6-8-21(19)33-3/h5-15,25-26H,1-4H3,(H,29,30,31)/t25-,26-/m1/s1. The molecule has 0 saturated carbocycles. The van der Waals surface area contributed by atoms with E-state index in [2.05, 4.69) is 61.6 Å². The van der Waals surface area contributed by atoms with E-state index in [4.69, 9.17) is 19.6 Å². The van der Waals surface area contributed by atoms with Gasteiger partial charge in [0.15, 0.2) is 6.10 Å². The van der Waals surface area contributed by atoms with Crippen LogP contribution in [0.3, 0.4) is 0 Å². The summed E-state index contributed by atoms with van der Waals surface area (Å²) in [5.74, 6) is 2.35. The number of para-hydroxylation sites is 1. The summed E-state index contributed by atoms with van der Waals surface area (Å²) in [5, 5.41) is 9.22. The van der Waals surface area contributed by atoms with E-state index in [1.807, 2.05) is 35.2 Å². The molecule has 0 spiro atoms. The summed E-state index contributed by atoms with van der Waals surface area (Å²) in [6.45, 7) is 4.20. The molecule has 0 saturated heterocycles. The lowest BCUT2D eigenvalue weighted by atomic mass is 9.84. The number of nitrogens with one attached hydrogen (secondary N) is 1. The Morgan fingerprint density at radius 1 is 1.00 bits per heavy atom. The van der Waals surface area contributed by atoms with Gasteiger partial charge in [0.1, 0.15) is 17.5 Å². The van der Waals surface area contributed by atoms with Gasteiger partial charge in [-0.05, 0) is 43.9 Å². The first kappa shape index (κ1) is 21.8. The molecule has 2 aliphatic rings. The number of ether oxygens (including phenoxy) is 2. The van der Waals surface area contributed by atoms with Crippen molar-refractivity contribution in [2.24, 2.45) is 0 Å². The highest BCUT2D eigenvalue weighted by Crippen LogP contribution is 2.52. The maximum atomic E-state index is 6.76. The van der Waals surface area contributed by atoms with Crippen molar-refractivity contribution in [3.8, 4) is 11.5 Å². The maximum absolute atomic E-state index is 6.76. The molecule has 0 amide bonds. The minimum atomic E-state index is -0.370. The molecule has 3 heterocycles. The van der Waals surface area contributed by atoms with Crippen LogP contribution in [0.1, 0.15) is 40.0 Å². The van der Waals surface area contributed by atoms with Crippen LogP contribution in [0.5, 0.6) is 11.5 Å². The molecule has 6 nitrogen and oxygen atoms in total. The Morgan fingerprint density at radius 3 is 2.54 bits per heavy atom. The molecule has 0 aliphatic carbocycles. The zero-order chi connectivity index (χ0) is 24.1. The average Bonchev–Trinajstić information content (AvgIpc) is 3.31. The van der Waals surface area contributed by atoms with Crippen molar-refractivity contribution in [1.29, 1.82) is 0 Å². The van der Waals surface area contributed by atoms with Gasteiger partial charge in [-0.15, -0.1) is 5.10 Å². The molecule has 0 radical (unpaired) electrons. The predicted octanol–water partition coefficient (Wildman–Crippen LogP) is 6.19. The Balaban J connectivity index is 1.65. The fourth-order valence-corrected chi connectivity index (χ4v) is 5.27. The second-order valence-electron chi connectivity index (χ2n) is 8.87. The van der Waals surface area contributed by atoms with Crippen LogP contribution >= 0.6 is 11.8 Å². The van der Waals surface area contributed by atoms with E-state index in [9.17, 15) is 0 Å². The maximum Gasteiger partial charge on any atom is 0.227 e. The molecular formula is C28H26N4O2S. The first-order valence-electron chi connectivity index (χ1n) is 11.6. The van der Waals surface area contributed by atoms with Crippen molar-refractivity contribution in [2.45, 2.75) is 31.1 Å². The minimum absolute atomic E-state index is 0.196. The topological polar surface area (TPSA) is 61.2 Å². The summed E-state index contributed by atoms with van der Waals surface area (Å²) in [7, 11) is 1.70. The van der Waals surface area contributed by atoms with Crippen LogP contribution in [0.2, 0.25) is 0 Å². The fraction of sp³-hybridized carbons (Fsp3) is 0.214. The molecule has 7 heteroatoms. The van der Waals surface area contributed by atoms with E-state index in [1.54, 1.807) is 7.11 Å². The lowest BCUT2D eigenvalue weighted by Gasteiger charge is -2.39. The van der Waals surface area contributed by atoms with E-state index >= 15 is 0 Å². The summed E-state index contributed by atoms with van der Waals surface area (Å²) >= 11 is 1.53. The number of hydrogen-bond acceptors (Lipinski definition) is 6. The van der Waals surface area contributed by atoms with E-state index in [1.165, 1.54) is 22.9 Å². The first-order chi connectivity index (χ1) is 17.1. The highest BCUT2D eigenvalue weighted by atomic mass is 32.2. The lowest BCUT2D eigenvalue weighted by molar-refractivity contribution is 0.217. The third-order valence-corrected chi connectivity index (χ3v) is 7.14. The monoisotopic (exact) mass is 482 g/mol. The van der Waals surface area contributed by atoms with Crippen molar-refractivity contribution in [2.75, 3.05) is 18.7 Å². The zero-order valence-corrected chi connectivity index (χ0v) is 20.9. The van der Waals surface area contributed by atoms with Gasteiger partial charge in [0.25, 0.3) is 0 Å². The molecule has 0 unspecified atom stereocenters. The van der Waals surface area contributed by atoms with Crippen LogP contribution in [-0.4, -0.2) is 28.1 Å². The van der Waals surface area contributed by atoms with Crippen LogP contribution in [-0.2, 0) is 0 Å². The number of fused-ring (bicyclic) bond motifs is 3. The number of rotatable bonds is 4. The molecule has 2 aliphatic heterocycles. The summed E-state index contributed by atoms with van der Waals surface area (Å²) in [4.78, 5) is 4.78. The van der Waals surface area contributed by atoms with Gasteiger partial charge in [0.05, 0.1) is 12.8 Å². The van der Waals surface area contributed by atoms with Crippen LogP contribution < -0.4 is 14.8 Å². The molecule has 6 rings (SSSR count). The number of methoxy groups -OCH3 is 1. The molecule has 1 aromatic heterocycles. The smallest absolute Gasteiger partial charge is 0.227 e. The van der Waals surface area contributed by atoms with E-state index < -0.39 is 0 Å². The third kappa shape index (κ3) is 3.58. The molecule has 4 aromatic rings. The average molecular weight is 483 g/mol. The zero-order valence-electron chi connectivity index (χ0n) is 20.1. The van der Waals surface area contributed by atoms with Gasteiger partial charge in [-0.3, -0.25) is 0 Å². The summed E-state index contributed by atoms with van der Waals surface area (Å²) < 4.78 is 14.5. The van der Waals surface area contributed by atoms with Crippen LogP contribution in [0.4, 0.5) is 5.95 Å². The summed E-state index contributed by atoms with van der Waals surface area (Å²) in [6, 6.07) is 22.8. The number of hydrogen-bond donors (Lipinski definition) is 1. The van der Waals surface area contributed by atoms with Crippen molar-refractivity contribution in [1.82, 2.24) is 14.8 Å². The van der Waals surface area contributed by atoms with Crippen molar-refractivity contribution in [3.63, 3.8) is 0 Å². The summed E-state index contributed by atoms with van der Waals surface area (Å²) in [5.41, 5.74) is 7.61. The third-order valence-electron chi connectivity index (χ3n) is 6.61. The van der Waals surface area contributed by atoms with Crippen LogP contribution in [0.25, 0.3) is 5.70 Å². The first-order valence-corrected chi connectivity index (χ1v) is 12.8. The molecular weight excluding hydrogens is 456 g/mol. The minimum Gasteiger partial charge on any atom is -0.496 e. The van der Waals surface area contributed by atoms with Gasteiger partial charge < -0.3 is 14.8 Å². The van der Waals surface area contributed by atoms with Crippen molar-refractivity contribution >= 4 is 23.4 Å². The number of aromatic nitrogens is 3. The van der Waals surface area contributed by atoms with E-state index in [0.29, 0.717) is 0 Å². The van der Waals surface area contributed by atoms with Gasteiger partial charge in [-0.1, -0.05) is 71.4 Å². The Morgan fingerprint density at radius 2 is 1.77 bits per heavy atom. The van der Waals surface area contributed by atoms with Crippen molar-refractivity contribution < 1.29 is 9.47 Å². The second-order valence-corrected chi connectivity index (χ2v) is 9.65. The quantitative estimate of drug-likeness (QED) is 0.350. The van der Waals surface area contributed by atoms with Gasteiger partial charge in [-0.2, -0.15) is 4.98 Å². The van der Waals surface area contributed by atoms with E-state index in [-0.39, 0.29) is 12.1 Å². The molecule has 35 heavy (non-hydrogen) atoms. The Kier molecular flexibility index (Phi) is 5.29. The van der Waals surface area contributed by atoms with E-state index in [0.717, 1.165) is 50.6 Å². The fourth-order valence-electron chi connectivity index (χ4n) is 4.92. The Bertz CT molecular complexity index is 1460. The van der Waals surface area contributed by atoms with Gasteiger partial charge in [0.2, 0.25) is 11.1 Å². The number of thioether (sulfide) groups is 1. The SMILES string of the molecule is COc1ccccc1[C@H]1Oc2ccc(C)cc2C2=C1[C@@H](c1ccc(C)cc1)n1nc(SC)nc1N2. The van der Waals surface area contributed by atoms with Gasteiger partial charge in [-0.25, -0.2) is 4.68 Å². The number of nitrogens with zero attached hydrogens (tertiary/aromatic N) is 3. The molecule has 2 atom stereocenters. The number of benzene rings is 3. The van der Waals surface area contributed by atoms with Crippen LogP contribution in [0, 0.1) is 13.8 Å². The van der Waals surface area contributed by atoms with Crippen molar-refractivity contribution in [3.05, 3.63) is 100 Å². The number of aryl methyl sites for hydroxylation is 2. The number of anilines is 1. The molecule has 176 valence electrons. The predicted molar refractivity (Wildman–Crippen MR) is 139 cm³/mol. The normalized spacial score (nSPS) is 18.2. The molecule has 1 N–H and O–H groups in total. The van der Waals surface area contributed by atoms with Crippen LogP contribution in [0.15, 0.2) is 77.5 Å². The second kappa shape index (κ2) is 8.50. The lowest BCUT2D eigenvalue weighted by Crippen LogP contribution is -2.32.